The molecule has 0 aliphatic rings. The number of hydrogen-bond donors (Lipinski definition) is 3. The maximum atomic E-state index is 11.7. The van der Waals surface area contributed by atoms with Crippen LogP contribution in [0.5, 0.6) is 0 Å². The standard InChI is InChI=1S/C16H22N2O6/c1-12(19)10-18(16(22)23)15(21)17-9-14(20)7-8-24-11-13-5-3-2-4-6-13/h2-6,12,19H,7-11H2,1H3,(H,17,21)(H,22,23). The topological polar surface area (TPSA) is 116 Å². The van der Waals surface area contributed by atoms with Crippen LogP contribution in [0.3, 0.4) is 0 Å². The number of ketones is 1. The Balaban J connectivity index is 2.24. The molecular weight excluding hydrogens is 316 g/mol. The first-order chi connectivity index (χ1) is 11.4. The van der Waals surface area contributed by atoms with Crippen LogP contribution in [0.1, 0.15) is 18.9 Å². The van der Waals surface area contributed by atoms with E-state index in [0.717, 1.165) is 5.56 Å². The molecule has 0 aromatic heterocycles. The summed E-state index contributed by atoms with van der Waals surface area (Å²) < 4.78 is 5.36. The SMILES string of the molecule is CC(O)CN(C(=O)O)C(=O)NCC(=O)CCOCc1ccccc1. The molecule has 0 aliphatic heterocycles. The van der Waals surface area contributed by atoms with Crippen molar-refractivity contribution in [3.05, 3.63) is 35.9 Å². The van der Waals surface area contributed by atoms with Gasteiger partial charge in [0, 0.05) is 6.42 Å². The number of carboxylic acid groups (broad SMARTS) is 1. The van der Waals surface area contributed by atoms with Crippen LogP contribution in [0.25, 0.3) is 0 Å². The number of rotatable bonds is 9. The van der Waals surface area contributed by atoms with Gasteiger partial charge in [0.25, 0.3) is 0 Å². The van der Waals surface area contributed by atoms with Crippen LogP contribution < -0.4 is 5.32 Å². The number of benzene rings is 1. The summed E-state index contributed by atoms with van der Waals surface area (Å²) in [5.41, 5.74) is 0.994. The fraction of sp³-hybridized carbons (Fsp3) is 0.438. The molecule has 1 unspecified atom stereocenters. The van der Waals surface area contributed by atoms with Crippen LogP contribution in [-0.2, 0) is 16.1 Å². The summed E-state index contributed by atoms with van der Waals surface area (Å²) in [6, 6.07) is 8.55. The lowest BCUT2D eigenvalue weighted by Gasteiger charge is -2.19. The van der Waals surface area contributed by atoms with E-state index in [-0.39, 0.29) is 31.9 Å². The smallest absolute Gasteiger partial charge is 0.415 e. The Bertz CT molecular complexity index is 547. The number of Topliss-reactive ketones (excluding diaryl/α,β-unsaturated/α-hetero) is 1. The number of carbonyl (C=O) groups excluding carboxylic acids is 2. The van der Waals surface area contributed by atoms with E-state index in [1.807, 2.05) is 30.3 Å². The van der Waals surface area contributed by atoms with Crippen LogP contribution in [0.4, 0.5) is 9.59 Å². The van der Waals surface area contributed by atoms with Crippen molar-refractivity contribution in [1.29, 1.82) is 0 Å². The number of aliphatic hydroxyl groups excluding tert-OH is 1. The fourth-order valence-electron chi connectivity index (χ4n) is 1.82. The predicted molar refractivity (Wildman–Crippen MR) is 85.5 cm³/mol. The van der Waals surface area contributed by atoms with E-state index in [2.05, 4.69) is 5.32 Å². The van der Waals surface area contributed by atoms with Gasteiger partial charge in [0.05, 0.1) is 32.4 Å². The van der Waals surface area contributed by atoms with Crippen molar-refractivity contribution in [2.75, 3.05) is 19.7 Å². The van der Waals surface area contributed by atoms with Crippen LogP contribution in [0, 0.1) is 0 Å². The number of nitrogens with one attached hydrogen (secondary N) is 1. The third-order valence-electron chi connectivity index (χ3n) is 3.00. The lowest BCUT2D eigenvalue weighted by atomic mass is 10.2. The molecule has 0 spiro atoms. The summed E-state index contributed by atoms with van der Waals surface area (Å²) in [4.78, 5) is 34.7. The van der Waals surface area contributed by atoms with E-state index < -0.39 is 18.2 Å². The molecule has 3 amide bonds. The van der Waals surface area contributed by atoms with Crippen LogP contribution in [0.2, 0.25) is 0 Å². The summed E-state index contributed by atoms with van der Waals surface area (Å²) in [5, 5.41) is 20.3. The molecule has 3 N–H and O–H groups in total. The molecule has 0 saturated carbocycles. The number of imide groups is 1. The van der Waals surface area contributed by atoms with Crippen molar-refractivity contribution in [2.24, 2.45) is 0 Å². The van der Waals surface area contributed by atoms with Gasteiger partial charge in [-0.15, -0.1) is 0 Å². The molecule has 132 valence electrons. The van der Waals surface area contributed by atoms with Gasteiger partial charge in [-0.1, -0.05) is 30.3 Å². The summed E-state index contributed by atoms with van der Waals surface area (Å²) >= 11 is 0. The van der Waals surface area contributed by atoms with E-state index in [1.54, 1.807) is 0 Å². The molecular formula is C16H22N2O6. The molecule has 24 heavy (non-hydrogen) atoms. The second kappa shape index (κ2) is 10.3. The highest BCUT2D eigenvalue weighted by Crippen LogP contribution is 2.01. The van der Waals surface area contributed by atoms with Crippen molar-refractivity contribution in [2.45, 2.75) is 26.1 Å². The largest absolute Gasteiger partial charge is 0.465 e. The molecule has 0 aliphatic carbocycles. The highest BCUT2D eigenvalue weighted by Gasteiger charge is 2.22. The number of urea groups is 1. The van der Waals surface area contributed by atoms with Gasteiger partial charge in [-0.2, -0.15) is 0 Å². The van der Waals surface area contributed by atoms with Crippen molar-refractivity contribution < 1.29 is 29.3 Å². The summed E-state index contributed by atoms with van der Waals surface area (Å²) in [6.45, 7) is 1.30. The number of hydrogen-bond acceptors (Lipinski definition) is 5. The highest BCUT2D eigenvalue weighted by atomic mass is 16.5. The lowest BCUT2D eigenvalue weighted by Crippen LogP contribution is -2.47. The average molecular weight is 338 g/mol. The van der Waals surface area contributed by atoms with Crippen LogP contribution in [0.15, 0.2) is 30.3 Å². The summed E-state index contributed by atoms with van der Waals surface area (Å²) in [6.07, 6.45) is -2.38. The fourth-order valence-corrected chi connectivity index (χ4v) is 1.82. The molecule has 8 heteroatoms. The van der Waals surface area contributed by atoms with Gasteiger partial charge >= 0.3 is 12.1 Å². The molecule has 0 radical (unpaired) electrons. The average Bonchev–Trinajstić information content (AvgIpc) is 2.55. The molecule has 1 aromatic carbocycles. The lowest BCUT2D eigenvalue weighted by molar-refractivity contribution is -0.119. The molecule has 0 saturated heterocycles. The molecule has 0 heterocycles. The minimum absolute atomic E-state index is 0.108. The maximum Gasteiger partial charge on any atom is 0.415 e. The van der Waals surface area contributed by atoms with Crippen molar-refractivity contribution in [1.82, 2.24) is 10.2 Å². The first-order valence-corrected chi connectivity index (χ1v) is 7.50. The predicted octanol–water partition coefficient (Wildman–Crippen LogP) is 1.23. The highest BCUT2D eigenvalue weighted by molar-refractivity contribution is 5.92. The van der Waals surface area contributed by atoms with E-state index in [9.17, 15) is 14.4 Å². The van der Waals surface area contributed by atoms with Crippen molar-refractivity contribution in [3.8, 4) is 0 Å². The number of carbonyl (C=O) groups is 3. The third kappa shape index (κ3) is 7.70. The van der Waals surface area contributed by atoms with Gasteiger partial charge in [0.2, 0.25) is 0 Å². The molecule has 0 bridgehead atoms. The van der Waals surface area contributed by atoms with Gasteiger partial charge in [-0.25, -0.2) is 14.5 Å². The van der Waals surface area contributed by atoms with Gasteiger partial charge < -0.3 is 20.3 Å². The minimum Gasteiger partial charge on any atom is -0.465 e. The molecule has 8 nitrogen and oxygen atoms in total. The molecule has 1 aromatic rings. The zero-order valence-electron chi connectivity index (χ0n) is 13.5. The van der Waals surface area contributed by atoms with Gasteiger partial charge in [0.15, 0.2) is 5.78 Å². The Kier molecular flexibility index (Phi) is 8.45. The second-order valence-corrected chi connectivity index (χ2v) is 5.23. The Labute approximate surface area is 140 Å². The Hall–Kier alpha value is -2.45. The minimum atomic E-state index is -1.49. The zero-order valence-corrected chi connectivity index (χ0v) is 13.5. The normalized spacial score (nSPS) is 11.6. The summed E-state index contributed by atoms with van der Waals surface area (Å²) in [7, 11) is 0. The van der Waals surface area contributed by atoms with Gasteiger partial charge in [-0.3, -0.25) is 4.79 Å². The van der Waals surface area contributed by atoms with Gasteiger partial charge in [0.1, 0.15) is 0 Å². The maximum absolute atomic E-state index is 11.7. The van der Waals surface area contributed by atoms with Crippen LogP contribution >= 0.6 is 0 Å². The first kappa shape index (κ1) is 19.6. The zero-order chi connectivity index (χ0) is 17.9. The monoisotopic (exact) mass is 338 g/mol. The first-order valence-electron chi connectivity index (χ1n) is 7.50. The van der Waals surface area contributed by atoms with E-state index in [4.69, 9.17) is 14.9 Å². The second-order valence-electron chi connectivity index (χ2n) is 5.23. The Morgan fingerprint density at radius 2 is 1.92 bits per heavy atom. The summed E-state index contributed by atoms with van der Waals surface area (Å²) in [5.74, 6) is -0.279. The molecule has 1 atom stereocenters. The molecule has 1 rings (SSSR count). The number of amides is 3. The van der Waals surface area contributed by atoms with Crippen molar-refractivity contribution >= 4 is 17.9 Å². The quantitative estimate of drug-likeness (QED) is 0.583. The van der Waals surface area contributed by atoms with Gasteiger partial charge in [-0.05, 0) is 12.5 Å². The number of aliphatic hydroxyl groups is 1. The van der Waals surface area contributed by atoms with E-state index in [0.29, 0.717) is 11.5 Å². The van der Waals surface area contributed by atoms with Crippen LogP contribution in [-0.4, -0.2) is 58.8 Å². The molecule has 0 fully saturated rings. The van der Waals surface area contributed by atoms with E-state index in [1.165, 1.54) is 6.92 Å². The number of ether oxygens (including phenoxy) is 1. The Morgan fingerprint density at radius 3 is 2.50 bits per heavy atom. The van der Waals surface area contributed by atoms with Crippen molar-refractivity contribution in [3.63, 3.8) is 0 Å². The Morgan fingerprint density at radius 1 is 1.25 bits per heavy atom. The third-order valence-corrected chi connectivity index (χ3v) is 3.00. The van der Waals surface area contributed by atoms with E-state index >= 15 is 0 Å². The number of nitrogens with zero attached hydrogens (tertiary/aromatic N) is 1.